The quantitative estimate of drug-likeness (QED) is 0.532. The van der Waals surface area contributed by atoms with Crippen molar-refractivity contribution in [2.45, 2.75) is 6.92 Å². The Bertz CT molecular complexity index is 164. The lowest BCUT2D eigenvalue weighted by molar-refractivity contribution is -0.920. The molecular weight excluding hydrogens is 154 g/mol. The van der Waals surface area contributed by atoms with Gasteiger partial charge in [0.1, 0.15) is 0 Å². The van der Waals surface area contributed by atoms with Crippen molar-refractivity contribution in [3.8, 4) is 0 Å². The number of piperazine rings is 1. The van der Waals surface area contributed by atoms with Crippen molar-refractivity contribution in [1.82, 2.24) is 5.32 Å². The van der Waals surface area contributed by atoms with Crippen LogP contribution < -0.4 is 11.1 Å². The molecule has 0 atom stereocenters. The van der Waals surface area contributed by atoms with Crippen LogP contribution in [-0.4, -0.2) is 49.7 Å². The SMILES string of the molecule is CC[N+]1(CC(N)=O)CCNCC1. The van der Waals surface area contributed by atoms with Crippen LogP contribution in [0.5, 0.6) is 0 Å². The van der Waals surface area contributed by atoms with E-state index in [1.807, 2.05) is 0 Å². The van der Waals surface area contributed by atoms with Crippen molar-refractivity contribution in [2.24, 2.45) is 5.73 Å². The smallest absolute Gasteiger partial charge is 0.272 e. The number of amides is 1. The molecule has 0 aliphatic carbocycles. The second-order valence-corrected chi connectivity index (χ2v) is 3.48. The number of hydrogen-bond acceptors (Lipinski definition) is 2. The molecule has 4 heteroatoms. The number of likely N-dealkylation sites (N-methyl/N-ethyl adjacent to an activating group) is 1. The molecule has 1 heterocycles. The Labute approximate surface area is 73.3 Å². The minimum absolute atomic E-state index is 0.182. The van der Waals surface area contributed by atoms with E-state index in [0.717, 1.165) is 37.2 Å². The van der Waals surface area contributed by atoms with Crippen LogP contribution in [0, 0.1) is 0 Å². The molecule has 4 nitrogen and oxygen atoms in total. The van der Waals surface area contributed by atoms with Crippen LogP contribution in [0.15, 0.2) is 0 Å². The van der Waals surface area contributed by atoms with Gasteiger partial charge in [-0.3, -0.25) is 4.79 Å². The number of quaternary nitrogens is 1. The van der Waals surface area contributed by atoms with Gasteiger partial charge in [0.05, 0.1) is 19.6 Å². The number of hydrogen-bond donors (Lipinski definition) is 2. The third-order valence-electron chi connectivity index (χ3n) is 2.69. The summed E-state index contributed by atoms with van der Waals surface area (Å²) in [6, 6.07) is 0. The van der Waals surface area contributed by atoms with E-state index in [2.05, 4.69) is 12.2 Å². The van der Waals surface area contributed by atoms with Gasteiger partial charge < -0.3 is 15.5 Å². The van der Waals surface area contributed by atoms with E-state index in [4.69, 9.17) is 5.73 Å². The second kappa shape index (κ2) is 3.87. The maximum atomic E-state index is 10.8. The lowest BCUT2D eigenvalue weighted by atomic mass is 10.2. The van der Waals surface area contributed by atoms with Gasteiger partial charge in [0.15, 0.2) is 6.54 Å². The molecule has 1 aliphatic rings. The van der Waals surface area contributed by atoms with E-state index in [-0.39, 0.29) is 5.91 Å². The van der Waals surface area contributed by atoms with Gasteiger partial charge in [-0.25, -0.2) is 0 Å². The molecule has 0 aromatic heterocycles. The number of nitrogens with zero attached hydrogens (tertiary/aromatic N) is 1. The summed E-state index contributed by atoms with van der Waals surface area (Å²) in [5.41, 5.74) is 5.21. The van der Waals surface area contributed by atoms with Crippen LogP contribution in [0.4, 0.5) is 0 Å². The summed E-state index contributed by atoms with van der Waals surface area (Å²) in [7, 11) is 0. The summed E-state index contributed by atoms with van der Waals surface area (Å²) in [5, 5.41) is 3.28. The number of nitrogens with one attached hydrogen (secondary N) is 1. The summed E-state index contributed by atoms with van der Waals surface area (Å²) in [6.07, 6.45) is 0. The highest BCUT2D eigenvalue weighted by molar-refractivity contribution is 5.74. The number of nitrogens with two attached hydrogens (primary N) is 1. The van der Waals surface area contributed by atoms with Crippen molar-refractivity contribution < 1.29 is 9.28 Å². The van der Waals surface area contributed by atoms with Gasteiger partial charge in [-0.2, -0.15) is 0 Å². The number of carbonyl (C=O) groups is 1. The standard InChI is InChI=1S/C8H17N3O/c1-2-11(7-8(9)12)5-3-10-4-6-11/h10H,2-7H2,1H3,(H-,9,12)/p+1. The molecule has 1 aliphatic heterocycles. The molecule has 0 spiro atoms. The Morgan fingerprint density at radius 1 is 1.50 bits per heavy atom. The maximum absolute atomic E-state index is 10.8. The minimum Gasteiger partial charge on any atom is -0.365 e. The Kier molecular flexibility index (Phi) is 3.05. The molecule has 0 aromatic carbocycles. The van der Waals surface area contributed by atoms with Crippen molar-refractivity contribution in [1.29, 1.82) is 0 Å². The van der Waals surface area contributed by atoms with Gasteiger partial charge in [0.2, 0.25) is 0 Å². The maximum Gasteiger partial charge on any atom is 0.272 e. The van der Waals surface area contributed by atoms with Crippen LogP contribution in [-0.2, 0) is 4.79 Å². The largest absolute Gasteiger partial charge is 0.365 e. The van der Waals surface area contributed by atoms with Gasteiger partial charge in [0.25, 0.3) is 5.91 Å². The zero-order valence-corrected chi connectivity index (χ0v) is 7.68. The van der Waals surface area contributed by atoms with Crippen molar-refractivity contribution >= 4 is 5.91 Å². The Hall–Kier alpha value is -0.610. The van der Waals surface area contributed by atoms with Crippen LogP contribution in [0.2, 0.25) is 0 Å². The predicted octanol–water partition coefficient (Wildman–Crippen LogP) is -1.09. The zero-order valence-electron chi connectivity index (χ0n) is 7.68. The highest BCUT2D eigenvalue weighted by Gasteiger charge is 2.29. The summed E-state index contributed by atoms with van der Waals surface area (Å²) >= 11 is 0. The number of carbonyl (C=O) groups excluding carboxylic acids is 1. The second-order valence-electron chi connectivity index (χ2n) is 3.48. The van der Waals surface area contributed by atoms with E-state index < -0.39 is 0 Å². The molecule has 70 valence electrons. The fourth-order valence-corrected chi connectivity index (χ4v) is 1.79. The molecule has 1 rings (SSSR count). The molecule has 1 amide bonds. The van der Waals surface area contributed by atoms with E-state index in [0.29, 0.717) is 6.54 Å². The average molecular weight is 172 g/mol. The monoisotopic (exact) mass is 172 g/mol. The molecule has 0 unspecified atom stereocenters. The van der Waals surface area contributed by atoms with E-state index in [9.17, 15) is 4.79 Å². The summed E-state index contributed by atoms with van der Waals surface area (Å²) in [4.78, 5) is 10.8. The van der Waals surface area contributed by atoms with Crippen LogP contribution in [0.3, 0.4) is 0 Å². The lowest BCUT2D eigenvalue weighted by Crippen LogP contribution is -2.61. The number of primary amides is 1. The highest BCUT2D eigenvalue weighted by Crippen LogP contribution is 2.07. The molecule has 3 N–H and O–H groups in total. The molecule has 0 bridgehead atoms. The van der Waals surface area contributed by atoms with Crippen LogP contribution in [0.1, 0.15) is 6.92 Å². The van der Waals surface area contributed by atoms with Crippen molar-refractivity contribution in [2.75, 3.05) is 39.3 Å². The summed E-state index contributed by atoms with van der Waals surface area (Å²) < 4.78 is 0.863. The van der Waals surface area contributed by atoms with E-state index in [1.165, 1.54) is 0 Å². The van der Waals surface area contributed by atoms with Crippen LogP contribution in [0.25, 0.3) is 0 Å². The van der Waals surface area contributed by atoms with Gasteiger partial charge in [0, 0.05) is 13.1 Å². The van der Waals surface area contributed by atoms with Crippen molar-refractivity contribution in [3.05, 3.63) is 0 Å². The minimum atomic E-state index is -0.182. The summed E-state index contributed by atoms with van der Waals surface area (Å²) in [5.74, 6) is -0.182. The van der Waals surface area contributed by atoms with Crippen LogP contribution >= 0.6 is 0 Å². The Morgan fingerprint density at radius 3 is 2.50 bits per heavy atom. The van der Waals surface area contributed by atoms with E-state index in [1.54, 1.807) is 0 Å². The van der Waals surface area contributed by atoms with Gasteiger partial charge in [-0.1, -0.05) is 0 Å². The molecule has 0 aromatic rings. The zero-order chi connectivity index (χ0) is 9.03. The Morgan fingerprint density at radius 2 is 2.08 bits per heavy atom. The van der Waals surface area contributed by atoms with Crippen molar-refractivity contribution in [3.63, 3.8) is 0 Å². The Balaban J connectivity index is 2.53. The number of rotatable bonds is 3. The highest BCUT2D eigenvalue weighted by atomic mass is 16.1. The predicted molar refractivity (Wildman–Crippen MR) is 47.5 cm³/mol. The van der Waals surface area contributed by atoms with E-state index >= 15 is 0 Å². The topological polar surface area (TPSA) is 55.1 Å². The first kappa shape index (κ1) is 9.48. The first-order valence-corrected chi connectivity index (χ1v) is 4.53. The molecular formula is C8H18N3O+. The average Bonchev–Trinajstić information content (AvgIpc) is 2.05. The molecule has 1 fully saturated rings. The fraction of sp³-hybridized carbons (Fsp3) is 0.875. The third-order valence-corrected chi connectivity index (χ3v) is 2.69. The first-order chi connectivity index (χ1) is 5.68. The van der Waals surface area contributed by atoms with Gasteiger partial charge in [-0.05, 0) is 6.92 Å². The van der Waals surface area contributed by atoms with Gasteiger partial charge >= 0.3 is 0 Å². The third kappa shape index (κ3) is 2.19. The normalized spacial score (nSPS) is 22.1. The first-order valence-electron chi connectivity index (χ1n) is 4.53. The molecule has 1 saturated heterocycles. The molecule has 0 saturated carbocycles. The molecule has 12 heavy (non-hydrogen) atoms. The lowest BCUT2D eigenvalue weighted by Gasteiger charge is -2.39. The van der Waals surface area contributed by atoms with Gasteiger partial charge in [-0.15, -0.1) is 0 Å². The molecule has 0 radical (unpaired) electrons. The summed E-state index contributed by atoms with van der Waals surface area (Å²) in [6.45, 7) is 7.68. The fourth-order valence-electron chi connectivity index (χ4n) is 1.79.